The van der Waals surface area contributed by atoms with Crippen molar-refractivity contribution in [3.05, 3.63) is 29.3 Å². The minimum atomic E-state index is -1.10. The Morgan fingerprint density at radius 3 is 2.15 bits per heavy atom. The molecule has 0 aromatic heterocycles. The van der Waals surface area contributed by atoms with Crippen molar-refractivity contribution in [3.63, 3.8) is 0 Å². The molecule has 1 rings (SSSR count). The highest BCUT2D eigenvalue weighted by Crippen LogP contribution is 2.22. The van der Waals surface area contributed by atoms with Gasteiger partial charge in [-0.2, -0.15) is 0 Å². The number of ether oxygens (including phenoxy) is 1. The van der Waals surface area contributed by atoms with Gasteiger partial charge >= 0.3 is 0 Å². The number of carbonyl (C=O) groups excluding carboxylic acids is 1. The first-order valence-corrected chi connectivity index (χ1v) is 6.74. The maximum atomic E-state index is 12.4. The molecule has 0 spiro atoms. The molecule has 0 aliphatic carbocycles. The van der Waals surface area contributed by atoms with Crippen LogP contribution in [0, 0.1) is 0 Å². The second-order valence-corrected chi connectivity index (χ2v) is 5.24. The largest absolute Gasteiger partial charge is 0.478 e. The molecule has 0 fully saturated rings. The highest BCUT2D eigenvalue weighted by molar-refractivity contribution is 6.30. The van der Waals surface area contributed by atoms with E-state index in [2.05, 4.69) is 0 Å². The van der Waals surface area contributed by atoms with Crippen LogP contribution in [0.4, 0.5) is 0 Å². The average Bonchev–Trinajstić information content (AvgIpc) is 2.40. The summed E-state index contributed by atoms with van der Waals surface area (Å²) in [7, 11) is 0. The van der Waals surface area contributed by atoms with Gasteiger partial charge in [-0.1, -0.05) is 11.6 Å². The fraction of sp³-hybridized carbons (Fsp3) is 0.500. The maximum absolute atomic E-state index is 12.4. The minimum absolute atomic E-state index is 0.160. The van der Waals surface area contributed by atoms with E-state index in [1.807, 2.05) is 0 Å². The molecular weight excluding hydrogens is 282 g/mol. The summed E-state index contributed by atoms with van der Waals surface area (Å²) in [6, 6.07) is 6.72. The van der Waals surface area contributed by atoms with Gasteiger partial charge in [0.05, 0.1) is 13.2 Å². The quantitative estimate of drug-likeness (QED) is 0.797. The normalized spacial score (nSPS) is 11.2. The molecule has 2 N–H and O–H groups in total. The zero-order chi connectivity index (χ0) is 15.2. The molecule has 1 aromatic rings. The van der Waals surface area contributed by atoms with E-state index in [1.165, 1.54) is 4.90 Å². The lowest BCUT2D eigenvalue weighted by Crippen LogP contribution is -2.50. The molecule has 112 valence electrons. The third-order valence-corrected chi connectivity index (χ3v) is 2.98. The Morgan fingerprint density at radius 1 is 1.20 bits per heavy atom. The first kappa shape index (κ1) is 16.8. The van der Waals surface area contributed by atoms with E-state index in [-0.39, 0.29) is 32.2 Å². The molecule has 1 aromatic carbocycles. The van der Waals surface area contributed by atoms with Gasteiger partial charge in [-0.25, -0.2) is 0 Å². The van der Waals surface area contributed by atoms with Crippen LogP contribution >= 0.6 is 11.6 Å². The predicted molar refractivity (Wildman–Crippen MR) is 76.9 cm³/mol. The van der Waals surface area contributed by atoms with Crippen LogP contribution in [0.3, 0.4) is 0 Å². The molecule has 1 amide bonds. The summed E-state index contributed by atoms with van der Waals surface area (Å²) in [6.07, 6.45) is 0. The molecule has 0 bridgehead atoms. The summed E-state index contributed by atoms with van der Waals surface area (Å²) >= 11 is 5.79. The Kier molecular flexibility index (Phi) is 6.26. The summed E-state index contributed by atoms with van der Waals surface area (Å²) in [5.41, 5.74) is -1.10. The second kappa shape index (κ2) is 7.47. The van der Waals surface area contributed by atoms with E-state index >= 15 is 0 Å². The number of nitrogens with zero attached hydrogens (tertiary/aromatic N) is 1. The number of rotatable bonds is 7. The van der Waals surface area contributed by atoms with Gasteiger partial charge in [-0.05, 0) is 38.1 Å². The molecule has 0 radical (unpaired) electrons. The van der Waals surface area contributed by atoms with Crippen molar-refractivity contribution < 1.29 is 19.7 Å². The van der Waals surface area contributed by atoms with Crippen LogP contribution < -0.4 is 4.74 Å². The van der Waals surface area contributed by atoms with Crippen LogP contribution in [0.15, 0.2) is 24.3 Å². The maximum Gasteiger partial charge on any atom is 0.266 e. The molecule has 6 heteroatoms. The van der Waals surface area contributed by atoms with Gasteiger partial charge in [0.2, 0.25) is 0 Å². The van der Waals surface area contributed by atoms with Gasteiger partial charge in [0, 0.05) is 18.1 Å². The number of aliphatic hydroxyl groups excluding tert-OH is 2. The van der Waals surface area contributed by atoms with Gasteiger partial charge in [0.15, 0.2) is 5.60 Å². The molecule has 0 saturated heterocycles. The molecule has 20 heavy (non-hydrogen) atoms. The molecule has 0 aliphatic rings. The second-order valence-electron chi connectivity index (χ2n) is 4.81. The average molecular weight is 302 g/mol. The number of amides is 1. The summed E-state index contributed by atoms with van der Waals surface area (Å²) < 4.78 is 5.68. The summed E-state index contributed by atoms with van der Waals surface area (Å²) in [4.78, 5) is 13.7. The number of carbonyl (C=O) groups is 1. The number of hydrogen-bond donors (Lipinski definition) is 2. The molecule has 5 nitrogen and oxygen atoms in total. The van der Waals surface area contributed by atoms with E-state index in [1.54, 1.807) is 38.1 Å². The lowest BCUT2D eigenvalue weighted by atomic mass is 10.1. The monoisotopic (exact) mass is 301 g/mol. The van der Waals surface area contributed by atoms with E-state index in [4.69, 9.17) is 26.6 Å². The molecule has 0 aliphatic heterocycles. The van der Waals surface area contributed by atoms with Crippen molar-refractivity contribution in [3.8, 4) is 5.75 Å². The van der Waals surface area contributed by atoms with E-state index in [9.17, 15) is 4.79 Å². The summed E-state index contributed by atoms with van der Waals surface area (Å²) in [6.45, 7) is 3.28. The van der Waals surface area contributed by atoms with Crippen LogP contribution in [-0.4, -0.2) is 52.9 Å². The van der Waals surface area contributed by atoms with Crippen molar-refractivity contribution in [2.45, 2.75) is 19.4 Å². The lowest BCUT2D eigenvalue weighted by Gasteiger charge is -2.31. The zero-order valence-corrected chi connectivity index (χ0v) is 12.4. The Balaban J connectivity index is 2.79. The number of hydrogen-bond acceptors (Lipinski definition) is 4. The smallest absolute Gasteiger partial charge is 0.266 e. The van der Waals surface area contributed by atoms with E-state index in [0.29, 0.717) is 10.8 Å². The van der Waals surface area contributed by atoms with E-state index in [0.717, 1.165) is 0 Å². The van der Waals surface area contributed by atoms with Crippen LogP contribution in [0.25, 0.3) is 0 Å². The highest BCUT2D eigenvalue weighted by Gasteiger charge is 2.33. The first-order chi connectivity index (χ1) is 9.40. The van der Waals surface area contributed by atoms with Gasteiger partial charge in [-0.15, -0.1) is 0 Å². The Labute approximate surface area is 123 Å². The molecule has 0 heterocycles. The first-order valence-electron chi connectivity index (χ1n) is 6.36. The van der Waals surface area contributed by atoms with Gasteiger partial charge < -0.3 is 19.8 Å². The Bertz CT molecular complexity index is 427. The number of aliphatic hydroxyl groups is 2. The fourth-order valence-corrected chi connectivity index (χ4v) is 1.90. The van der Waals surface area contributed by atoms with Crippen molar-refractivity contribution >= 4 is 17.5 Å². The van der Waals surface area contributed by atoms with Crippen LogP contribution in [0.2, 0.25) is 5.02 Å². The highest BCUT2D eigenvalue weighted by atomic mass is 35.5. The van der Waals surface area contributed by atoms with E-state index < -0.39 is 5.60 Å². The predicted octanol–water partition coefficient (Wildman–Crippen LogP) is 1.31. The summed E-state index contributed by atoms with van der Waals surface area (Å²) in [5, 5.41) is 18.5. The molecule has 0 saturated carbocycles. The third-order valence-electron chi connectivity index (χ3n) is 2.73. The zero-order valence-electron chi connectivity index (χ0n) is 11.7. The topological polar surface area (TPSA) is 70.0 Å². The summed E-state index contributed by atoms with van der Waals surface area (Å²) in [5.74, 6) is 0.233. The Hall–Kier alpha value is -1.30. The van der Waals surface area contributed by atoms with Crippen molar-refractivity contribution in [2.24, 2.45) is 0 Å². The Morgan fingerprint density at radius 2 is 1.70 bits per heavy atom. The SMILES string of the molecule is CC(C)(Oc1ccc(Cl)cc1)C(=O)N(CCO)CCO. The number of benzene rings is 1. The van der Waals surface area contributed by atoms with Crippen molar-refractivity contribution in [2.75, 3.05) is 26.3 Å². The third kappa shape index (κ3) is 4.67. The molecular formula is C14H20ClNO4. The van der Waals surface area contributed by atoms with Crippen molar-refractivity contribution in [1.29, 1.82) is 0 Å². The van der Waals surface area contributed by atoms with Crippen LogP contribution in [0.5, 0.6) is 5.75 Å². The van der Waals surface area contributed by atoms with Gasteiger partial charge in [-0.3, -0.25) is 4.79 Å². The van der Waals surface area contributed by atoms with Crippen LogP contribution in [-0.2, 0) is 4.79 Å². The van der Waals surface area contributed by atoms with Crippen molar-refractivity contribution in [1.82, 2.24) is 4.90 Å². The van der Waals surface area contributed by atoms with Gasteiger partial charge in [0.25, 0.3) is 5.91 Å². The van der Waals surface area contributed by atoms with Crippen LogP contribution in [0.1, 0.15) is 13.8 Å². The molecule has 0 atom stereocenters. The van der Waals surface area contributed by atoms with Gasteiger partial charge in [0.1, 0.15) is 5.75 Å². The standard InChI is InChI=1S/C14H20ClNO4/c1-14(2,13(19)16(7-9-17)8-10-18)20-12-5-3-11(15)4-6-12/h3-6,17-18H,7-10H2,1-2H3. The lowest BCUT2D eigenvalue weighted by molar-refractivity contribution is -0.146. The fourth-order valence-electron chi connectivity index (χ4n) is 1.78. The number of halogens is 1. The minimum Gasteiger partial charge on any atom is -0.478 e. The molecule has 0 unspecified atom stereocenters.